The maximum atomic E-state index is 10.5. The van der Waals surface area contributed by atoms with Crippen molar-refractivity contribution in [2.75, 3.05) is 0 Å². The summed E-state index contributed by atoms with van der Waals surface area (Å²) in [5, 5.41) is 9.83. The van der Waals surface area contributed by atoms with Gasteiger partial charge in [-0.25, -0.2) is 4.79 Å². The minimum atomic E-state index is -0.860. The number of amides is 1. The van der Waals surface area contributed by atoms with Crippen LogP contribution < -0.4 is 5.73 Å². The van der Waals surface area contributed by atoms with Gasteiger partial charge in [0.05, 0.1) is 0 Å². The number of hydrogen-bond donors (Lipinski definition) is 2. The summed E-state index contributed by atoms with van der Waals surface area (Å²) in [6.45, 7) is -0.0315. The summed E-state index contributed by atoms with van der Waals surface area (Å²) in [6.07, 6.45) is -0.860. The van der Waals surface area contributed by atoms with E-state index < -0.39 is 6.09 Å². The summed E-state index contributed by atoms with van der Waals surface area (Å²) in [4.78, 5) is 10.5. The molecular weight excluding hydrogens is 230 g/mol. The smallest absolute Gasteiger partial charge is 0.404 e. The van der Waals surface area contributed by atoms with Crippen LogP contribution in [0.5, 0.6) is 5.75 Å². The van der Waals surface area contributed by atoms with Crippen molar-refractivity contribution in [2.45, 2.75) is 6.61 Å². The van der Waals surface area contributed by atoms with Crippen LogP contribution in [0.2, 0.25) is 0 Å². The molecule has 18 heavy (non-hydrogen) atoms. The number of nitrogens with two attached hydrogens (primary N) is 1. The van der Waals surface area contributed by atoms with Crippen LogP contribution in [0.4, 0.5) is 4.79 Å². The Bertz CT molecular complexity index is 552. The summed E-state index contributed by atoms with van der Waals surface area (Å²) in [5.41, 5.74) is 7.30. The fourth-order valence-electron chi connectivity index (χ4n) is 1.64. The molecule has 3 N–H and O–H groups in total. The standard InChI is InChI=1S/C14H13NO3/c15-14(17)18-9-12-7-6-11(8-13(12)16)10-4-2-1-3-5-10/h1-8,16H,9H2,(H2,15,17). The van der Waals surface area contributed by atoms with E-state index in [0.717, 1.165) is 11.1 Å². The van der Waals surface area contributed by atoms with Crippen molar-refractivity contribution in [2.24, 2.45) is 5.73 Å². The molecule has 1 amide bonds. The normalized spacial score (nSPS) is 10.0. The zero-order valence-electron chi connectivity index (χ0n) is 9.67. The lowest BCUT2D eigenvalue weighted by atomic mass is 10.0. The van der Waals surface area contributed by atoms with Gasteiger partial charge in [-0.05, 0) is 17.2 Å². The van der Waals surface area contributed by atoms with Crippen molar-refractivity contribution in [3.63, 3.8) is 0 Å². The Morgan fingerprint density at radius 2 is 1.83 bits per heavy atom. The second kappa shape index (κ2) is 5.23. The van der Waals surface area contributed by atoms with E-state index >= 15 is 0 Å². The monoisotopic (exact) mass is 243 g/mol. The first-order valence-corrected chi connectivity index (χ1v) is 5.46. The highest BCUT2D eigenvalue weighted by Gasteiger charge is 2.05. The molecule has 0 aliphatic rings. The van der Waals surface area contributed by atoms with Crippen molar-refractivity contribution >= 4 is 6.09 Å². The van der Waals surface area contributed by atoms with Crippen LogP contribution in [0, 0.1) is 0 Å². The molecule has 0 spiro atoms. The van der Waals surface area contributed by atoms with Crippen molar-refractivity contribution in [1.29, 1.82) is 0 Å². The van der Waals surface area contributed by atoms with Crippen LogP contribution in [0.1, 0.15) is 5.56 Å². The number of carbonyl (C=O) groups is 1. The molecule has 0 bridgehead atoms. The minimum Gasteiger partial charge on any atom is -0.508 e. The molecule has 0 heterocycles. The fourth-order valence-corrected chi connectivity index (χ4v) is 1.64. The number of hydrogen-bond acceptors (Lipinski definition) is 3. The third-order valence-electron chi connectivity index (χ3n) is 2.56. The lowest BCUT2D eigenvalue weighted by Crippen LogP contribution is -2.12. The fraction of sp³-hybridized carbons (Fsp3) is 0.0714. The molecule has 0 fully saturated rings. The maximum absolute atomic E-state index is 10.5. The summed E-state index contributed by atoms with van der Waals surface area (Å²) >= 11 is 0. The first-order valence-electron chi connectivity index (χ1n) is 5.46. The molecule has 0 radical (unpaired) electrons. The Morgan fingerprint density at radius 1 is 1.11 bits per heavy atom. The largest absolute Gasteiger partial charge is 0.508 e. The molecular formula is C14H13NO3. The Morgan fingerprint density at radius 3 is 2.44 bits per heavy atom. The SMILES string of the molecule is NC(=O)OCc1ccc(-c2ccccc2)cc1O. The van der Waals surface area contributed by atoms with E-state index in [2.05, 4.69) is 4.74 Å². The summed E-state index contributed by atoms with van der Waals surface area (Å²) in [6, 6.07) is 14.9. The summed E-state index contributed by atoms with van der Waals surface area (Å²) in [7, 11) is 0. The van der Waals surface area contributed by atoms with Crippen molar-refractivity contribution in [3.05, 3.63) is 54.1 Å². The second-order valence-electron chi connectivity index (χ2n) is 3.82. The quantitative estimate of drug-likeness (QED) is 0.870. The average molecular weight is 243 g/mol. The lowest BCUT2D eigenvalue weighted by molar-refractivity contribution is 0.149. The van der Waals surface area contributed by atoms with Gasteiger partial charge in [0.1, 0.15) is 12.4 Å². The molecule has 0 aliphatic carbocycles. The van der Waals surface area contributed by atoms with E-state index in [9.17, 15) is 9.90 Å². The Balaban J connectivity index is 2.22. The van der Waals surface area contributed by atoms with Gasteiger partial charge in [0.25, 0.3) is 0 Å². The molecule has 2 aromatic rings. The van der Waals surface area contributed by atoms with Gasteiger partial charge < -0.3 is 15.6 Å². The lowest BCUT2D eigenvalue weighted by Gasteiger charge is -2.07. The van der Waals surface area contributed by atoms with E-state index in [1.807, 2.05) is 36.4 Å². The van der Waals surface area contributed by atoms with Gasteiger partial charge in [-0.15, -0.1) is 0 Å². The van der Waals surface area contributed by atoms with Gasteiger partial charge in [0.15, 0.2) is 0 Å². The second-order valence-corrected chi connectivity index (χ2v) is 3.82. The zero-order valence-corrected chi connectivity index (χ0v) is 9.67. The first-order chi connectivity index (χ1) is 8.66. The number of ether oxygens (including phenoxy) is 1. The Labute approximate surface area is 105 Å². The minimum absolute atomic E-state index is 0.0315. The van der Waals surface area contributed by atoms with E-state index in [4.69, 9.17) is 5.73 Å². The highest BCUT2D eigenvalue weighted by molar-refractivity contribution is 5.66. The predicted octanol–water partition coefficient (Wildman–Crippen LogP) is 2.65. The number of rotatable bonds is 3. The van der Waals surface area contributed by atoms with E-state index in [-0.39, 0.29) is 12.4 Å². The maximum Gasteiger partial charge on any atom is 0.404 e. The third kappa shape index (κ3) is 2.79. The number of aromatic hydroxyl groups is 1. The van der Waals surface area contributed by atoms with Gasteiger partial charge in [-0.3, -0.25) is 0 Å². The van der Waals surface area contributed by atoms with Crippen LogP contribution in [0.25, 0.3) is 11.1 Å². The molecule has 92 valence electrons. The van der Waals surface area contributed by atoms with Crippen LogP contribution >= 0.6 is 0 Å². The molecule has 0 saturated heterocycles. The number of phenolic OH excluding ortho intramolecular Hbond substituents is 1. The van der Waals surface area contributed by atoms with Crippen LogP contribution in [-0.4, -0.2) is 11.2 Å². The van der Waals surface area contributed by atoms with E-state index in [0.29, 0.717) is 5.56 Å². The molecule has 2 aromatic carbocycles. The highest BCUT2D eigenvalue weighted by Crippen LogP contribution is 2.26. The molecule has 0 atom stereocenters. The first kappa shape index (κ1) is 12.0. The average Bonchev–Trinajstić information content (AvgIpc) is 2.38. The number of carbonyl (C=O) groups excluding carboxylic acids is 1. The molecule has 0 aliphatic heterocycles. The van der Waals surface area contributed by atoms with E-state index in [1.54, 1.807) is 12.1 Å². The molecule has 4 heteroatoms. The number of primary amides is 1. The number of benzene rings is 2. The van der Waals surface area contributed by atoms with Gasteiger partial charge in [0, 0.05) is 5.56 Å². The summed E-state index contributed by atoms with van der Waals surface area (Å²) < 4.78 is 4.63. The molecule has 2 rings (SSSR count). The Hall–Kier alpha value is -2.49. The van der Waals surface area contributed by atoms with Crippen LogP contribution in [0.15, 0.2) is 48.5 Å². The van der Waals surface area contributed by atoms with Crippen molar-refractivity contribution in [1.82, 2.24) is 0 Å². The van der Waals surface area contributed by atoms with Crippen LogP contribution in [-0.2, 0) is 11.3 Å². The topological polar surface area (TPSA) is 72.6 Å². The molecule has 4 nitrogen and oxygen atoms in total. The van der Waals surface area contributed by atoms with Crippen LogP contribution in [0.3, 0.4) is 0 Å². The molecule has 0 aromatic heterocycles. The molecule has 0 unspecified atom stereocenters. The van der Waals surface area contributed by atoms with Gasteiger partial charge >= 0.3 is 6.09 Å². The van der Waals surface area contributed by atoms with Crippen molar-refractivity contribution in [3.8, 4) is 16.9 Å². The van der Waals surface area contributed by atoms with E-state index in [1.165, 1.54) is 0 Å². The highest BCUT2D eigenvalue weighted by atomic mass is 16.5. The zero-order chi connectivity index (χ0) is 13.0. The summed E-state index contributed by atoms with van der Waals surface area (Å²) in [5.74, 6) is 0.0811. The predicted molar refractivity (Wildman–Crippen MR) is 67.9 cm³/mol. The third-order valence-corrected chi connectivity index (χ3v) is 2.56. The van der Waals surface area contributed by atoms with Crippen molar-refractivity contribution < 1.29 is 14.6 Å². The molecule has 0 saturated carbocycles. The van der Waals surface area contributed by atoms with Gasteiger partial charge in [-0.2, -0.15) is 0 Å². The van der Waals surface area contributed by atoms with Gasteiger partial charge in [-0.1, -0.05) is 42.5 Å². The number of phenols is 1. The van der Waals surface area contributed by atoms with Gasteiger partial charge in [0.2, 0.25) is 0 Å². The Kier molecular flexibility index (Phi) is 3.48.